The molecule has 2 heteroatoms. The summed E-state index contributed by atoms with van der Waals surface area (Å²) in [6.45, 7) is 1.89. The van der Waals surface area contributed by atoms with Crippen LogP contribution >= 0.6 is 0 Å². The van der Waals surface area contributed by atoms with E-state index in [1.54, 1.807) is 7.11 Å². The van der Waals surface area contributed by atoms with Crippen LogP contribution in [0.2, 0.25) is 0 Å². The molecule has 1 aliphatic rings. The van der Waals surface area contributed by atoms with Crippen LogP contribution in [-0.2, 0) is 4.74 Å². The zero-order valence-electron chi connectivity index (χ0n) is 5.18. The molecule has 0 bridgehead atoms. The van der Waals surface area contributed by atoms with E-state index in [4.69, 9.17) is 4.74 Å². The van der Waals surface area contributed by atoms with E-state index in [9.17, 15) is 0 Å². The molecule has 2 nitrogen and oxygen atoms in total. The molecule has 47 valence electrons. The van der Waals surface area contributed by atoms with Crippen molar-refractivity contribution in [3.05, 3.63) is 6.42 Å². The second-order valence-electron chi connectivity index (χ2n) is 2.08. The summed E-state index contributed by atoms with van der Waals surface area (Å²) in [5, 5.41) is 3.28. The van der Waals surface area contributed by atoms with Gasteiger partial charge in [0.2, 0.25) is 0 Å². The van der Waals surface area contributed by atoms with Crippen molar-refractivity contribution in [2.45, 2.75) is 12.5 Å². The highest BCUT2D eigenvalue weighted by molar-refractivity contribution is 4.85. The van der Waals surface area contributed by atoms with Crippen molar-refractivity contribution < 1.29 is 4.74 Å². The maximum absolute atomic E-state index is 4.94. The lowest BCUT2D eigenvalue weighted by Crippen LogP contribution is -2.25. The summed E-state index contributed by atoms with van der Waals surface area (Å²) in [6.07, 6.45) is 3.40. The van der Waals surface area contributed by atoms with Gasteiger partial charge in [-0.3, -0.25) is 0 Å². The molecular weight excluding hydrogens is 102 g/mol. The Kier molecular flexibility index (Phi) is 2.30. The average Bonchev–Trinajstić information content (AvgIpc) is 2.19. The third kappa shape index (κ3) is 1.46. The number of ether oxygens (including phenoxy) is 1. The molecule has 1 rings (SSSR count). The normalized spacial score (nSPS) is 28.9. The standard InChI is InChI=1S/C6H12NO/c1-8-5-6-3-2-4-7-6/h2,6-7H,3-5H2,1H3. The molecule has 0 spiro atoms. The van der Waals surface area contributed by atoms with Gasteiger partial charge < -0.3 is 10.1 Å². The maximum Gasteiger partial charge on any atom is 0.0615 e. The summed E-state index contributed by atoms with van der Waals surface area (Å²) in [5.74, 6) is 0. The monoisotopic (exact) mass is 114 g/mol. The van der Waals surface area contributed by atoms with Crippen LogP contribution < -0.4 is 5.32 Å². The molecule has 0 aromatic carbocycles. The smallest absolute Gasteiger partial charge is 0.0615 e. The highest BCUT2D eigenvalue weighted by atomic mass is 16.5. The van der Waals surface area contributed by atoms with Gasteiger partial charge in [-0.05, 0) is 19.4 Å². The van der Waals surface area contributed by atoms with Crippen molar-refractivity contribution in [2.75, 3.05) is 20.3 Å². The molecule has 0 aromatic heterocycles. The number of hydrogen-bond acceptors (Lipinski definition) is 2. The molecule has 1 unspecified atom stereocenters. The molecule has 0 saturated carbocycles. The molecule has 0 amide bonds. The third-order valence-electron chi connectivity index (χ3n) is 1.37. The fourth-order valence-corrected chi connectivity index (χ4v) is 0.946. The maximum atomic E-state index is 4.94. The Morgan fingerprint density at radius 1 is 1.88 bits per heavy atom. The molecule has 1 atom stereocenters. The molecular formula is C6H12NO. The Hall–Kier alpha value is -0.0800. The molecule has 1 heterocycles. The number of methoxy groups -OCH3 is 1. The molecule has 0 aliphatic carbocycles. The van der Waals surface area contributed by atoms with Gasteiger partial charge in [0.1, 0.15) is 0 Å². The van der Waals surface area contributed by atoms with E-state index in [1.165, 1.54) is 0 Å². The van der Waals surface area contributed by atoms with Crippen molar-refractivity contribution in [3.63, 3.8) is 0 Å². The van der Waals surface area contributed by atoms with Gasteiger partial charge in [0.05, 0.1) is 6.61 Å². The Balaban J connectivity index is 2.06. The minimum absolute atomic E-state index is 0.583. The van der Waals surface area contributed by atoms with Crippen LogP contribution in [0.4, 0.5) is 0 Å². The van der Waals surface area contributed by atoms with Crippen molar-refractivity contribution in [3.8, 4) is 0 Å². The topological polar surface area (TPSA) is 21.3 Å². The molecule has 1 N–H and O–H groups in total. The Morgan fingerprint density at radius 3 is 3.25 bits per heavy atom. The van der Waals surface area contributed by atoms with Gasteiger partial charge in [-0.25, -0.2) is 0 Å². The molecule has 1 radical (unpaired) electrons. The van der Waals surface area contributed by atoms with Gasteiger partial charge in [0, 0.05) is 13.2 Å². The van der Waals surface area contributed by atoms with Crippen LogP contribution in [0, 0.1) is 6.42 Å². The first-order chi connectivity index (χ1) is 3.93. The highest BCUT2D eigenvalue weighted by Crippen LogP contribution is 2.02. The summed E-state index contributed by atoms with van der Waals surface area (Å²) in [4.78, 5) is 0. The van der Waals surface area contributed by atoms with Crippen molar-refractivity contribution in [2.24, 2.45) is 0 Å². The average molecular weight is 114 g/mol. The van der Waals surface area contributed by atoms with Crippen molar-refractivity contribution >= 4 is 0 Å². The first-order valence-corrected chi connectivity index (χ1v) is 2.97. The van der Waals surface area contributed by atoms with Gasteiger partial charge in [0.15, 0.2) is 0 Å². The quantitative estimate of drug-likeness (QED) is 0.553. The Bertz CT molecular complexity index is 59.5. The van der Waals surface area contributed by atoms with Gasteiger partial charge >= 0.3 is 0 Å². The lowest BCUT2D eigenvalue weighted by atomic mass is 10.2. The molecule has 1 fully saturated rings. The van der Waals surface area contributed by atoms with E-state index in [0.29, 0.717) is 6.04 Å². The van der Waals surface area contributed by atoms with Gasteiger partial charge in [-0.2, -0.15) is 0 Å². The Morgan fingerprint density at radius 2 is 2.75 bits per heavy atom. The van der Waals surface area contributed by atoms with E-state index in [-0.39, 0.29) is 0 Å². The van der Waals surface area contributed by atoms with E-state index in [1.807, 2.05) is 0 Å². The minimum atomic E-state index is 0.583. The van der Waals surface area contributed by atoms with Crippen molar-refractivity contribution in [1.82, 2.24) is 5.32 Å². The fraction of sp³-hybridized carbons (Fsp3) is 0.833. The van der Waals surface area contributed by atoms with Gasteiger partial charge in [-0.15, -0.1) is 0 Å². The first-order valence-electron chi connectivity index (χ1n) is 2.97. The van der Waals surface area contributed by atoms with E-state index < -0.39 is 0 Å². The molecule has 0 aromatic rings. The van der Waals surface area contributed by atoms with Crippen LogP contribution in [0.1, 0.15) is 6.42 Å². The van der Waals surface area contributed by atoms with Crippen LogP contribution in [-0.4, -0.2) is 26.3 Å². The molecule has 8 heavy (non-hydrogen) atoms. The summed E-state index contributed by atoms with van der Waals surface area (Å²) in [6, 6.07) is 0.583. The zero-order valence-corrected chi connectivity index (χ0v) is 5.18. The zero-order chi connectivity index (χ0) is 5.82. The minimum Gasteiger partial charge on any atom is -0.383 e. The SMILES string of the molecule is COCC1C[CH]CN1. The number of nitrogens with one attached hydrogen (secondary N) is 1. The first kappa shape index (κ1) is 6.05. The van der Waals surface area contributed by atoms with Crippen LogP contribution in [0.25, 0.3) is 0 Å². The number of hydrogen-bond donors (Lipinski definition) is 1. The van der Waals surface area contributed by atoms with Gasteiger partial charge in [-0.1, -0.05) is 0 Å². The van der Waals surface area contributed by atoms with Crippen molar-refractivity contribution in [1.29, 1.82) is 0 Å². The highest BCUT2D eigenvalue weighted by Gasteiger charge is 2.12. The summed E-state index contributed by atoms with van der Waals surface area (Å²) in [7, 11) is 1.74. The Labute approximate surface area is 50.2 Å². The van der Waals surface area contributed by atoms with Crippen LogP contribution in [0.3, 0.4) is 0 Å². The van der Waals surface area contributed by atoms with E-state index in [2.05, 4.69) is 11.7 Å². The van der Waals surface area contributed by atoms with Gasteiger partial charge in [0.25, 0.3) is 0 Å². The second kappa shape index (κ2) is 3.05. The lowest BCUT2D eigenvalue weighted by Gasteiger charge is -2.05. The van der Waals surface area contributed by atoms with Crippen LogP contribution in [0.15, 0.2) is 0 Å². The van der Waals surface area contributed by atoms with E-state index in [0.717, 1.165) is 19.6 Å². The molecule has 1 aliphatic heterocycles. The van der Waals surface area contributed by atoms with Crippen LogP contribution in [0.5, 0.6) is 0 Å². The summed E-state index contributed by atoms with van der Waals surface area (Å²) in [5.41, 5.74) is 0. The predicted molar refractivity (Wildman–Crippen MR) is 32.6 cm³/mol. The summed E-state index contributed by atoms with van der Waals surface area (Å²) < 4.78 is 4.94. The lowest BCUT2D eigenvalue weighted by molar-refractivity contribution is 0.174. The predicted octanol–water partition coefficient (Wildman–Crippen LogP) is 0.199. The third-order valence-corrected chi connectivity index (χ3v) is 1.37. The molecule has 1 saturated heterocycles. The van der Waals surface area contributed by atoms with E-state index >= 15 is 0 Å². The number of rotatable bonds is 2. The second-order valence-corrected chi connectivity index (χ2v) is 2.08. The fourth-order valence-electron chi connectivity index (χ4n) is 0.946. The summed E-state index contributed by atoms with van der Waals surface area (Å²) >= 11 is 0. The largest absolute Gasteiger partial charge is 0.383 e.